The molecule has 0 radical (unpaired) electrons. The zero-order valence-corrected chi connectivity index (χ0v) is 12.4. The van der Waals surface area contributed by atoms with Gasteiger partial charge in [0.05, 0.1) is 13.1 Å². The first-order valence-corrected chi connectivity index (χ1v) is 7.96. The number of hydrogen-bond acceptors (Lipinski definition) is 3. The Hall–Kier alpha value is -1.51. The van der Waals surface area contributed by atoms with Crippen LogP contribution in [0.3, 0.4) is 0 Å². The first kappa shape index (κ1) is 14.9. The minimum absolute atomic E-state index is 0.0695. The molecule has 0 bridgehead atoms. The molecule has 1 aromatic rings. The van der Waals surface area contributed by atoms with E-state index < -0.39 is 0 Å². The molecule has 4 N–H and O–H groups in total. The number of nitrogens with one attached hydrogen (secondary N) is 2. The summed E-state index contributed by atoms with van der Waals surface area (Å²) in [6, 6.07) is 2.27. The third-order valence-electron chi connectivity index (χ3n) is 3.35. The van der Waals surface area contributed by atoms with E-state index in [1.165, 1.54) is 19.3 Å². The predicted molar refractivity (Wildman–Crippen MR) is 82.5 cm³/mol. The van der Waals surface area contributed by atoms with Gasteiger partial charge in [-0.25, -0.2) is 4.79 Å². The van der Waals surface area contributed by atoms with E-state index in [4.69, 9.17) is 5.73 Å². The van der Waals surface area contributed by atoms with Crippen LogP contribution in [0.1, 0.15) is 42.5 Å². The van der Waals surface area contributed by atoms with Crippen LogP contribution < -0.4 is 16.4 Å². The summed E-state index contributed by atoms with van der Waals surface area (Å²) in [6.45, 7) is 0.917. The molecule has 2 rings (SSSR count). The van der Waals surface area contributed by atoms with E-state index in [0.717, 1.165) is 23.3 Å². The van der Waals surface area contributed by atoms with Crippen LogP contribution in [0, 0.1) is 11.8 Å². The summed E-state index contributed by atoms with van der Waals surface area (Å²) < 4.78 is 0. The van der Waals surface area contributed by atoms with Crippen molar-refractivity contribution in [3.63, 3.8) is 0 Å². The van der Waals surface area contributed by atoms with Gasteiger partial charge in [-0.3, -0.25) is 0 Å². The summed E-state index contributed by atoms with van der Waals surface area (Å²) in [5.74, 6) is 5.81. The van der Waals surface area contributed by atoms with Crippen molar-refractivity contribution in [2.24, 2.45) is 5.73 Å². The van der Waals surface area contributed by atoms with E-state index in [2.05, 4.69) is 22.5 Å². The minimum Gasteiger partial charge on any atom is -0.335 e. The zero-order chi connectivity index (χ0) is 14.2. The number of thiophene rings is 1. The van der Waals surface area contributed by atoms with Gasteiger partial charge in [0.15, 0.2) is 0 Å². The van der Waals surface area contributed by atoms with Crippen LogP contribution in [0.5, 0.6) is 0 Å². The quantitative estimate of drug-likeness (QED) is 0.747. The number of amides is 2. The molecule has 2 amide bonds. The largest absolute Gasteiger partial charge is 0.335 e. The summed E-state index contributed by atoms with van der Waals surface area (Å²) in [5.41, 5.74) is 6.30. The molecule has 1 aliphatic carbocycles. The molecule has 0 spiro atoms. The predicted octanol–water partition coefficient (Wildman–Crippen LogP) is 2.19. The van der Waals surface area contributed by atoms with Crippen molar-refractivity contribution in [3.05, 3.63) is 21.9 Å². The molecule has 0 aliphatic heterocycles. The molecular formula is C15H21N3OS. The van der Waals surface area contributed by atoms with Gasteiger partial charge in [0.25, 0.3) is 0 Å². The summed E-state index contributed by atoms with van der Waals surface area (Å²) in [6.07, 6.45) is 5.94. The maximum atomic E-state index is 11.8. The van der Waals surface area contributed by atoms with E-state index in [1.54, 1.807) is 11.3 Å². The SMILES string of the molecule is NCC#Cc1csc(CNC(=O)NC2CCCCC2)c1. The molecule has 0 saturated heterocycles. The molecule has 1 aliphatic rings. The van der Waals surface area contributed by atoms with Gasteiger partial charge in [-0.05, 0) is 18.9 Å². The lowest BCUT2D eigenvalue weighted by Crippen LogP contribution is -2.42. The van der Waals surface area contributed by atoms with Gasteiger partial charge < -0.3 is 16.4 Å². The van der Waals surface area contributed by atoms with Gasteiger partial charge >= 0.3 is 6.03 Å². The molecule has 1 heterocycles. The summed E-state index contributed by atoms with van der Waals surface area (Å²) >= 11 is 1.60. The molecule has 0 unspecified atom stereocenters. The van der Waals surface area contributed by atoms with Crippen molar-refractivity contribution >= 4 is 17.4 Å². The molecule has 4 nitrogen and oxygen atoms in total. The first-order valence-electron chi connectivity index (χ1n) is 7.08. The topological polar surface area (TPSA) is 67.1 Å². The molecule has 20 heavy (non-hydrogen) atoms. The van der Waals surface area contributed by atoms with Crippen LogP contribution in [-0.4, -0.2) is 18.6 Å². The molecule has 0 aromatic carbocycles. The van der Waals surface area contributed by atoms with Gasteiger partial charge in [0.2, 0.25) is 0 Å². The number of nitrogens with two attached hydrogens (primary N) is 1. The van der Waals surface area contributed by atoms with Crippen molar-refractivity contribution in [1.29, 1.82) is 0 Å². The summed E-state index contributed by atoms with van der Waals surface area (Å²) in [4.78, 5) is 12.9. The highest BCUT2D eigenvalue weighted by atomic mass is 32.1. The Morgan fingerprint density at radius 3 is 2.95 bits per heavy atom. The van der Waals surface area contributed by atoms with Gasteiger partial charge in [0.1, 0.15) is 0 Å². The van der Waals surface area contributed by atoms with E-state index in [9.17, 15) is 4.79 Å². The number of carbonyl (C=O) groups is 1. The van der Waals surface area contributed by atoms with Crippen molar-refractivity contribution in [1.82, 2.24) is 10.6 Å². The van der Waals surface area contributed by atoms with Crippen molar-refractivity contribution in [2.75, 3.05) is 6.54 Å². The third-order valence-corrected chi connectivity index (χ3v) is 4.29. The second kappa shape index (κ2) is 7.93. The van der Waals surface area contributed by atoms with Crippen LogP contribution in [-0.2, 0) is 6.54 Å². The van der Waals surface area contributed by atoms with Gasteiger partial charge in [-0.2, -0.15) is 0 Å². The van der Waals surface area contributed by atoms with Crippen LogP contribution in [0.25, 0.3) is 0 Å². The summed E-state index contributed by atoms with van der Waals surface area (Å²) in [7, 11) is 0. The number of carbonyl (C=O) groups excluding carboxylic acids is 1. The Labute approximate surface area is 124 Å². The number of hydrogen-bond donors (Lipinski definition) is 3. The zero-order valence-electron chi connectivity index (χ0n) is 11.6. The molecule has 1 fully saturated rings. The Bertz CT molecular complexity index is 495. The number of rotatable bonds is 3. The molecule has 1 aromatic heterocycles. The van der Waals surface area contributed by atoms with Gasteiger partial charge in [0, 0.05) is 21.9 Å². The highest BCUT2D eigenvalue weighted by Gasteiger charge is 2.15. The molecule has 5 heteroatoms. The Morgan fingerprint density at radius 1 is 1.40 bits per heavy atom. The Kier molecular flexibility index (Phi) is 5.90. The molecule has 108 valence electrons. The second-order valence-corrected chi connectivity index (χ2v) is 5.97. The monoisotopic (exact) mass is 291 g/mol. The highest BCUT2D eigenvalue weighted by molar-refractivity contribution is 7.10. The lowest BCUT2D eigenvalue weighted by molar-refractivity contribution is 0.232. The van der Waals surface area contributed by atoms with Crippen LogP contribution in [0.4, 0.5) is 4.79 Å². The number of urea groups is 1. The van der Waals surface area contributed by atoms with Crippen LogP contribution in [0.15, 0.2) is 11.4 Å². The Morgan fingerprint density at radius 2 is 2.20 bits per heavy atom. The molecule has 0 atom stereocenters. The molecule has 1 saturated carbocycles. The fourth-order valence-electron chi connectivity index (χ4n) is 2.34. The van der Waals surface area contributed by atoms with Crippen molar-refractivity contribution in [3.8, 4) is 11.8 Å². The van der Waals surface area contributed by atoms with Crippen molar-refractivity contribution in [2.45, 2.75) is 44.7 Å². The van der Waals surface area contributed by atoms with E-state index in [0.29, 0.717) is 19.1 Å². The average molecular weight is 291 g/mol. The highest BCUT2D eigenvalue weighted by Crippen LogP contribution is 2.17. The standard InChI is InChI=1S/C15H21N3OS/c16-8-4-5-12-9-14(20-11-12)10-17-15(19)18-13-6-2-1-3-7-13/h9,11,13H,1-3,6-8,10,16H2,(H2,17,18,19). The normalized spacial score (nSPS) is 15.2. The first-order chi connectivity index (χ1) is 9.78. The maximum Gasteiger partial charge on any atom is 0.315 e. The lowest BCUT2D eigenvalue weighted by Gasteiger charge is -2.22. The minimum atomic E-state index is -0.0695. The Balaban J connectivity index is 1.73. The fourth-order valence-corrected chi connectivity index (χ4v) is 3.10. The van der Waals surface area contributed by atoms with Crippen LogP contribution in [0.2, 0.25) is 0 Å². The fraction of sp³-hybridized carbons (Fsp3) is 0.533. The van der Waals surface area contributed by atoms with Gasteiger partial charge in [-0.1, -0.05) is 31.1 Å². The second-order valence-electron chi connectivity index (χ2n) is 4.97. The van der Waals surface area contributed by atoms with E-state index >= 15 is 0 Å². The smallest absolute Gasteiger partial charge is 0.315 e. The maximum absolute atomic E-state index is 11.8. The van der Waals surface area contributed by atoms with E-state index in [-0.39, 0.29) is 6.03 Å². The average Bonchev–Trinajstić information content (AvgIpc) is 2.92. The summed E-state index contributed by atoms with van der Waals surface area (Å²) in [5, 5.41) is 7.93. The van der Waals surface area contributed by atoms with Crippen LogP contribution >= 0.6 is 11.3 Å². The van der Waals surface area contributed by atoms with Gasteiger partial charge in [-0.15, -0.1) is 11.3 Å². The molecular weight excluding hydrogens is 270 g/mol. The van der Waals surface area contributed by atoms with E-state index in [1.807, 2.05) is 11.4 Å². The third kappa shape index (κ3) is 4.87. The van der Waals surface area contributed by atoms with Crippen molar-refractivity contribution < 1.29 is 4.79 Å². The lowest BCUT2D eigenvalue weighted by atomic mass is 9.96.